The van der Waals surface area contributed by atoms with Crippen molar-refractivity contribution in [2.45, 2.75) is 45.7 Å². The molecule has 1 aliphatic rings. The number of halogens is 2. The fraction of sp³-hybridized carbons (Fsp3) is 0.400. The first-order chi connectivity index (χ1) is 15.4. The second kappa shape index (κ2) is 9.44. The molecule has 0 spiro atoms. The van der Waals surface area contributed by atoms with Crippen LogP contribution in [0.3, 0.4) is 0 Å². The zero-order valence-electron chi connectivity index (χ0n) is 18.8. The summed E-state index contributed by atoms with van der Waals surface area (Å²) in [4.78, 5) is 5.10. The van der Waals surface area contributed by atoms with Crippen molar-refractivity contribution < 1.29 is 18.0 Å². The Bertz CT molecular complexity index is 1080. The fourth-order valence-electron chi connectivity index (χ4n) is 4.31. The van der Waals surface area contributed by atoms with Crippen LogP contribution in [0.2, 0.25) is 0 Å². The summed E-state index contributed by atoms with van der Waals surface area (Å²) in [5.41, 5.74) is 5.06. The molecule has 4 rings (SSSR count). The van der Waals surface area contributed by atoms with Gasteiger partial charge in [0.25, 0.3) is 0 Å². The number of hydrogen-bond acceptors (Lipinski definition) is 4. The summed E-state index contributed by atoms with van der Waals surface area (Å²) >= 11 is 3.87. The van der Waals surface area contributed by atoms with Crippen molar-refractivity contribution in [3.05, 3.63) is 65.6 Å². The number of pyridine rings is 1. The SMILES string of the molecule is CCOP(Br)(Cc1c(C2CC2)nc2ccccc2c1-c1ccc(F)cc1)(OCC)OCC. The van der Waals surface area contributed by atoms with Crippen LogP contribution in [0.25, 0.3) is 22.0 Å². The van der Waals surface area contributed by atoms with Crippen LogP contribution in [0.15, 0.2) is 48.5 Å². The van der Waals surface area contributed by atoms with E-state index < -0.39 is 5.99 Å². The molecule has 1 heterocycles. The summed E-state index contributed by atoms with van der Waals surface area (Å²) in [6, 6.07) is 14.8. The predicted octanol–water partition coefficient (Wildman–Crippen LogP) is 8.14. The maximum absolute atomic E-state index is 13.8. The monoisotopic (exact) mass is 521 g/mol. The Morgan fingerprint density at radius 1 is 0.938 bits per heavy atom. The number of nitrogens with zero attached hydrogens (tertiary/aromatic N) is 1. The molecule has 0 radical (unpaired) electrons. The van der Waals surface area contributed by atoms with Gasteiger partial charge in [0.1, 0.15) is 0 Å². The van der Waals surface area contributed by atoms with Gasteiger partial charge >= 0.3 is 198 Å². The third kappa shape index (κ3) is 4.76. The van der Waals surface area contributed by atoms with E-state index in [4.69, 9.17) is 18.6 Å². The molecule has 1 aliphatic carbocycles. The van der Waals surface area contributed by atoms with Gasteiger partial charge in [-0.15, -0.1) is 0 Å². The molecule has 1 fully saturated rings. The van der Waals surface area contributed by atoms with Crippen LogP contribution in [-0.4, -0.2) is 24.8 Å². The van der Waals surface area contributed by atoms with E-state index in [-0.39, 0.29) is 5.82 Å². The van der Waals surface area contributed by atoms with Gasteiger partial charge in [0, 0.05) is 0 Å². The fourth-order valence-corrected chi connectivity index (χ4v) is 9.70. The summed E-state index contributed by atoms with van der Waals surface area (Å²) in [5, 5.41) is 1.03. The molecular formula is C25H30BrFNO3P. The molecular weight excluding hydrogens is 492 g/mol. The van der Waals surface area contributed by atoms with Crippen molar-refractivity contribution in [1.82, 2.24) is 4.98 Å². The van der Waals surface area contributed by atoms with E-state index in [9.17, 15) is 4.39 Å². The van der Waals surface area contributed by atoms with Crippen LogP contribution in [0.1, 0.15) is 50.8 Å². The van der Waals surface area contributed by atoms with Gasteiger partial charge in [-0.05, 0) is 0 Å². The molecule has 0 unspecified atom stereocenters. The van der Waals surface area contributed by atoms with Crippen LogP contribution in [0.4, 0.5) is 4.39 Å². The number of aromatic nitrogens is 1. The molecule has 32 heavy (non-hydrogen) atoms. The van der Waals surface area contributed by atoms with Gasteiger partial charge < -0.3 is 0 Å². The van der Waals surface area contributed by atoms with Crippen molar-refractivity contribution in [1.29, 1.82) is 0 Å². The van der Waals surface area contributed by atoms with Crippen LogP contribution in [-0.2, 0) is 19.7 Å². The number of hydrogen-bond donors (Lipinski definition) is 0. The molecule has 7 heteroatoms. The Morgan fingerprint density at radius 3 is 2.09 bits per heavy atom. The molecule has 3 aromatic rings. The second-order valence-corrected chi connectivity index (χ2v) is 15.1. The first-order valence-corrected chi connectivity index (χ1v) is 15.5. The van der Waals surface area contributed by atoms with Gasteiger partial charge in [0.2, 0.25) is 0 Å². The van der Waals surface area contributed by atoms with E-state index in [1.165, 1.54) is 12.1 Å². The van der Waals surface area contributed by atoms with Crippen LogP contribution >= 0.6 is 21.5 Å². The Hall–Kier alpha value is -1.43. The molecule has 2 aromatic carbocycles. The van der Waals surface area contributed by atoms with Crippen LogP contribution in [0, 0.1) is 5.82 Å². The van der Waals surface area contributed by atoms with E-state index in [0.29, 0.717) is 31.9 Å². The van der Waals surface area contributed by atoms with Gasteiger partial charge in [-0.2, -0.15) is 0 Å². The molecule has 0 bridgehead atoms. The van der Waals surface area contributed by atoms with Crippen molar-refractivity contribution in [2.24, 2.45) is 0 Å². The normalized spacial score (nSPS) is 15.6. The second-order valence-electron chi connectivity index (χ2n) is 8.00. The van der Waals surface area contributed by atoms with Crippen molar-refractivity contribution in [3.8, 4) is 11.1 Å². The van der Waals surface area contributed by atoms with Gasteiger partial charge in [-0.25, -0.2) is 0 Å². The van der Waals surface area contributed by atoms with Gasteiger partial charge in [0.05, 0.1) is 0 Å². The predicted molar refractivity (Wildman–Crippen MR) is 134 cm³/mol. The van der Waals surface area contributed by atoms with E-state index in [1.54, 1.807) is 0 Å². The number of rotatable bonds is 10. The number of benzene rings is 2. The summed E-state index contributed by atoms with van der Waals surface area (Å²) < 4.78 is 32.7. The van der Waals surface area contributed by atoms with E-state index in [0.717, 1.165) is 46.1 Å². The molecule has 172 valence electrons. The van der Waals surface area contributed by atoms with Gasteiger partial charge in [0.15, 0.2) is 0 Å². The topological polar surface area (TPSA) is 40.6 Å². The van der Waals surface area contributed by atoms with E-state index in [1.807, 2.05) is 51.1 Å². The third-order valence-corrected chi connectivity index (χ3v) is 11.3. The van der Waals surface area contributed by atoms with Gasteiger partial charge in [-0.1, -0.05) is 0 Å². The molecule has 0 N–H and O–H groups in total. The summed E-state index contributed by atoms with van der Waals surface area (Å²) in [7, 11) is 0. The third-order valence-electron chi connectivity index (χ3n) is 5.66. The molecule has 0 atom stereocenters. The van der Waals surface area contributed by atoms with E-state index in [2.05, 4.69) is 21.6 Å². The average molecular weight is 522 g/mol. The number of para-hydroxylation sites is 1. The molecule has 0 aliphatic heterocycles. The molecule has 4 nitrogen and oxygen atoms in total. The van der Waals surface area contributed by atoms with Crippen LogP contribution < -0.4 is 0 Å². The standard InChI is InChI=1S/C25H30BrFNO3P/c1-4-29-32(26,30-5-2,31-6-3)17-22-24(18-13-15-20(27)16-14-18)21-9-7-8-10-23(21)28-25(22)19-11-12-19/h7-10,13-16,19H,4-6,11-12,17H2,1-3H3. The van der Waals surface area contributed by atoms with Crippen LogP contribution in [0.5, 0.6) is 0 Å². The Morgan fingerprint density at radius 2 is 1.53 bits per heavy atom. The molecule has 1 saturated carbocycles. The minimum atomic E-state index is -3.65. The summed E-state index contributed by atoms with van der Waals surface area (Å²) in [5.74, 6) is -3.50. The quantitative estimate of drug-likeness (QED) is 0.252. The van der Waals surface area contributed by atoms with E-state index >= 15 is 0 Å². The zero-order chi connectivity index (χ0) is 22.8. The summed E-state index contributed by atoms with van der Waals surface area (Å²) in [6.07, 6.45) is 2.65. The summed E-state index contributed by atoms with van der Waals surface area (Å²) in [6.45, 7) is 7.20. The average Bonchev–Trinajstić information content (AvgIpc) is 3.60. The van der Waals surface area contributed by atoms with Crippen molar-refractivity contribution in [2.75, 3.05) is 19.8 Å². The molecule has 1 aromatic heterocycles. The Balaban J connectivity index is 2.01. The first kappa shape index (κ1) is 23.7. The van der Waals surface area contributed by atoms with Crippen molar-refractivity contribution in [3.63, 3.8) is 0 Å². The molecule has 0 saturated heterocycles. The maximum atomic E-state index is 13.8. The minimum absolute atomic E-state index is 0.255. The Kier molecular flexibility index (Phi) is 7.00. The Labute approximate surface area is 197 Å². The van der Waals surface area contributed by atoms with Crippen molar-refractivity contribution >= 4 is 32.4 Å². The molecule has 0 amide bonds. The van der Waals surface area contributed by atoms with Gasteiger partial charge in [-0.3, -0.25) is 0 Å². The number of fused-ring (bicyclic) bond motifs is 1. The first-order valence-electron chi connectivity index (χ1n) is 11.3. The zero-order valence-corrected chi connectivity index (χ0v) is 21.3.